The number of rotatable bonds is 3. The molecule has 5 aromatic rings. The zero-order valence-electron chi connectivity index (χ0n) is 16.0. The van der Waals surface area contributed by atoms with E-state index in [0.717, 1.165) is 38.9 Å². The molecule has 1 N–H and O–H groups in total. The molecule has 3 aromatic heterocycles. The number of fused-ring (bicyclic) bond motifs is 1. The Morgan fingerprint density at radius 3 is 2.33 bits per heavy atom. The third-order valence-corrected chi connectivity index (χ3v) is 5.13. The number of benzene rings is 2. The maximum absolute atomic E-state index is 14.2. The first-order chi connectivity index (χ1) is 14.6. The zero-order valence-corrected chi connectivity index (χ0v) is 16.0. The number of hydrogen-bond acceptors (Lipinski definition) is 3. The Morgan fingerprint density at radius 2 is 1.60 bits per heavy atom. The molecule has 0 bridgehead atoms. The van der Waals surface area contributed by atoms with E-state index in [-0.39, 0.29) is 5.56 Å². The van der Waals surface area contributed by atoms with Crippen molar-refractivity contribution >= 4 is 10.9 Å². The number of pyridine rings is 1. The van der Waals surface area contributed by atoms with Gasteiger partial charge in [0, 0.05) is 40.6 Å². The van der Waals surface area contributed by atoms with Crippen molar-refractivity contribution in [3.8, 4) is 33.6 Å². The van der Waals surface area contributed by atoms with Crippen LogP contribution in [0.25, 0.3) is 44.5 Å². The first kappa shape index (κ1) is 18.1. The van der Waals surface area contributed by atoms with Crippen molar-refractivity contribution in [1.82, 2.24) is 19.9 Å². The fourth-order valence-electron chi connectivity index (χ4n) is 3.64. The van der Waals surface area contributed by atoms with Gasteiger partial charge in [-0.25, -0.2) is 18.7 Å². The lowest BCUT2D eigenvalue weighted by Crippen LogP contribution is -1.90. The molecule has 6 heteroatoms. The van der Waals surface area contributed by atoms with Crippen LogP contribution in [0.5, 0.6) is 0 Å². The number of aromatic amines is 1. The van der Waals surface area contributed by atoms with Crippen LogP contribution in [0.1, 0.15) is 5.56 Å². The van der Waals surface area contributed by atoms with Crippen LogP contribution in [0, 0.1) is 18.6 Å². The van der Waals surface area contributed by atoms with Crippen molar-refractivity contribution in [3.05, 3.63) is 90.6 Å². The Bertz CT molecular complexity index is 1360. The van der Waals surface area contributed by atoms with Crippen LogP contribution in [0.15, 0.2) is 73.4 Å². The summed E-state index contributed by atoms with van der Waals surface area (Å²) < 4.78 is 28.3. The normalized spacial score (nSPS) is 11.2. The Morgan fingerprint density at radius 1 is 0.833 bits per heavy atom. The van der Waals surface area contributed by atoms with Crippen LogP contribution >= 0.6 is 0 Å². The summed E-state index contributed by atoms with van der Waals surface area (Å²) in [6.45, 7) is 2.02. The predicted molar refractivity (Wildman–Crippen MR) is 113 cm³/mol. The molecule has 30 heavy (non-hydrogen) atoms. The number of nitrogens with zero attached hydrogens (tertiary/aromatic N) is 3. The summed E-state index contributed by atoms with van der Waals surface area (Å²) in [5, 5.41) is 0.866. The Balaban J connectivity index is 1.56. The van der Waals surface area contributed by atoms with Gasteiger partial charge in [-0.05, 0) is 54.4 Å². The molecule has 0 saturated heterocycles. The van der Waals surface area contributed by atoms with Crippen molar-refractivity contribution in [3.63, 3.8) is 0 Å². The molecule has 0 saturated carbocycles. The second-order valence-electron chi connectivity index (χ2n) is 7.09. The molecule has 5 rings (SSSR count). The summed E-state index contributed by atoms with van der Waals surface area (Å²) in [5.74, 6) is -1.19. The van der Waals surface area contributed by atoms with E-state index >= 15 is 0 Å². The van der Waals surface area contributed by atoms with Crippen LogP contribution < -0.4 is 0 Å². The quantitative estimate of drug-likeness (QED) is 0.409. The number of hydrogen-bond donors (Lipinski definition) is 1. The minimum atomic E-state index is -0.595. The summed E-state index contributed by atoms with van der Waals surface area (Å²) in [4.78, 5) is 15.7. The fourth-order valence-corrected chi connectivity index (χ4v) is 3.64. The van der Waals surface area contributed by atoms with Crippen molar-refractivity contribution in [2.45, 2.75) is 6.92 Å². The van der Waals surface area contributed by atoms with E-state index in [1.54, 1.807) is 18.5 Å². The molecule has 0 spiro atoms. The molecule has 0 unspecified atom stereocenters. The van der Waals surface area contributed by atoms with Gasteiger partial charge in [-0.1, -0.05) is 12.1 Å². The number of aryl methyl sites for hydroxylation is 1. The predicted octanol–water partition coefficient (Wildman–Crippen LogP) is 5.94. The molecule has 0 aliphatic heterocycles. The molecule has 146 valence electrons. The standard InChI is InChI=1S/C24H16F2N4/c1-14-7-22(17-10-27-13-28-11-17)29-12-18(14)15-5-6-21-16(8-15)9-23(30-21)24-19(25)3-2-4-20(24)26/h2-13,30H,1H3. The second kappa shape index (κ2) is 7.15. The highest BCUT2D eigenvalue weighted by Gasteiger charge is 2.14. The first-order valence-electron chi connectivity index (χ1n) is 9.40. The zero-order chi connectivity index (χ0) is 20.7. The van der Waals surface area contributed by atoms with E-state index in [2.05, 4.69) is 19.9 Å². The summed E-state index contributed by atoms with van der Waals surface area (Å²) in [6.07, 6.45) is 6.76. The SMILES string of the molecule is Cc1cc(-c2cncnc2)ncc1-c1ccc2[nH]c(-c3c(F)cccc3F)cc2c1. The molecular formula is C24H16F2N4. The first-order valence-corrected chi connectivity index (χ1v) is 9.40. The van der Waals surface area contributed by atoms with Crippen LogP contribution in [0.2, 0.25) is 0 Å². The maximum Gasteiger partial charge on any atom is 0.135 e. The second-order valence-corrected chi connectivity index (χ2v) is 7.09. The van der Waals surface area contributed by atoms with Gasteiger partial charge in [0.2, 0.25) is 0 Å². The van der Waals surface area contributed by atoms with Gasteiger partial charge < -0.3 is 4.98 Å². The van der Waals surface area contributed by atoms with Crippen molar-refractivity contribution in [2.75, 3.05) is 0 Å². The molecule has 0 atom stereocenters. The molecule has 3 heterocycles. The molecule has 0 aliphatic rings. The van der Waals surface area contributed by atoms with Crippen LogP contribution in [-0.4, -0.2) is 19.9 Å². The lowest BCUT2D eigenvalue weighted by atomic mass is 10.00. The van der Waals surface area contributed by atoms with Gasteiger partial charge in [0.15, 0.2) is 0 Å². The number of aromatic nitrogens is 4. The lowest BCUT2D eigenvalue weighted by molar-refractivity contribution is 0.589. The van der Waals surface area contributed by atoms with Crippen molar-refractivity contribution in [1.29, 1.82) is 0 Å². The Hall–Kier alpha value is -3.93. The van der Waals surface area contributed by atoms with Gasteiger partial charge in [-0.3, -0.25) is 4.98 Å². The Labute approximate surface area is 171 Å². The van der Waals surface area contributed by atoms with E-state index < -0.39 is 11.6 Å². The van der Waals surface area contributed by atoms with Crippen LogP contribution in [-0.2, 0) is 0 Å². The van der Waals surface area contributed by atoms with Crippen LogP contribution in [0.4, 0.5) is 8.78 Å². The minimum Gasteiger partial charge on any atom is -0.354 e. The van der Waals surface area contributed by atoms with E-state index in [4.69, 9.17) is 0 Å². The monoisotopic (exact) mass is 398 g/mol. The number of halogens is 2. The molecule has 4 nitrogen and oxygen atoms in total. The van der Waals surface area contributed by atoms with Crippen molar-refractivity contribution in [2.24, 2.45) is 0 Å². The van der Waals surface area contributed by atoms with Gasteiger partial charge in [-0.15, -0.1) is 0 Å². The summed E-state index contributed by atoms with van der Waals surface area (Å²) >= 11 is 0. The summed E-state index contributed by atoms with van der Waals surface area (Å²) in [6, 6.07) is 13.5. The molecule has 2 aromatic carbocycles. The number of H-pyrrole nitrogens is 1. The molecule has 0 fully saturated rings. The minimum absolute atomic E-state index is 0.0532. The highest BCUT2D eigenvalue weighted by Crippen LogP contribution is 2.32. The van der Waals surface area contributed by atoms with Gasteiger partial charge in [0.05, 0.1) is 17.0 Å². The lowest BCUT2D eigenvalue weighted by Gasteiger charge is -2.08. The topological polar surface area (TPSA) is 54.5 Å². The fraction of sp³-hybridized carbons (Fsp3) is 0.0417. The molecule has 0 radical (unpaired) electrons. The third-order valence-electron chi connectivity index (χ3n) is 5.13. The molecular weight excluding hydrogens is 382 g/mol. The van der Waals surface area contributed by atoms with E-state index in [9.17, 15) is 8.78 Å². The van der Waals surface area contributed by atoms with Crippen LogP contribution in [0.3, 0.4) is 0 Å². The van der Waals surface area contributed by atoms with Gasteiger partial charge >= 0.3 is 0 Å². The molecule has 0 amide bonds. The van der Waals surface area contributed by atoms with E-state index in [1.165, 1.54) is 24.5 Å². The average Bonchev–Trinajstić information content (AvgIpc) is 3.17. The van der Waals surface area contributed by atoms with E-state index in [1.807, 2.05) is 37.4 Å². The van der Waals surface area contributed by atoms with E-state index in [0.29, 0.717) is 5.69 Å². The maximum atomic E-state index is 14.2. The highest BCUT2D eigenvalue weighted by atomic mass is 19.1. The largest absolute Gasteiger partial charge is 0.354 e. The number of nitrogens with one attached hydrogen (secondary N) is 1. The Kier molecular flexibility index (Phi) is 4.32. The summed E-state index contributed by atoms with van der Waals surface area (Å²) in [5.41, 5.74) is 5.83. The van der Waals surface area contributed by atoms with Gasteiger partial charge in [-0.2, -0.15) is 0 Å². The molecule has 0 aliphatic carbocycles. The smallest absolute Gasteiger partial charge is 0.135 e. The highest BCUT2D eigenvalue weighted by molar-refractivity contribution is 5.90. The van der Waals surface area contributed by atoms with Gasteiger partial charge in [0.25, 0.3) is 0 Å². The van der Waals surface area contributed by atoms with Crippen molar-refractivity contribution < 1.29 is 8.78 Å². The average molecular weight is 398 g/mol. The summed E-state index contributed by atoms with van der Waals surface area (Å²) in [7, 11) is 0. The third kappa shape index (κ3) is 3.12. The van der Waals surface area contributed by atoms with Gasteiger partial charge in [0.1, 0.15) is 18.0 Å².